The van der Waals surface area contributed by atoms with Crippen molar-refractivity contribution >= 4 is 45.6 Å². The quantitative estimate of drug-likeness (QED) is 0.671. The molecule has 1 N–H and O–H groups in total. The van der Waals surface area contributed by atoms with Gasteiger partial charge >= 0.3 is 0 Å². The summed E-state index contributed by atoms with van der Waals surface area (Å²) in [6.45, 7) is 0. The lowest BCUT2D eigenvalue weighted by atomic mass is 10.1. The summed E-state index contributed by atoms with van der Waals surface area (Å²) in [6, 6.07) is 13.9. The predicted molar refractivity (Wildman–Crippen MR) is 100 cm³/mol. The molecule has 124 valence electrons. The van der Waals surface area contributed by atoms with Crippen LogP contribution in [0.2, 0.25) is 10.0 Å². The van der Waals surface area contributed by atoms with Gasteiger partial charge in [0.05, 0.1) is 11.6 Å². The smallest absolute Gasteiger partial charge is 0.257 e. The Labute approximate surface area is 158 Å². The van der Waals surface area contributed by atoms with E-state index in [0.29, 0.717) is 32.7 Å². The maximum atomic E-state index is 12.3. The van der Waals surface area contributed by atoms with Crippen molar-refractivity contribution in [3.8, 4) is 6.07 Å². The number of hydrogen-bond acceptors (Lipinski definition) is 4. The van der Waals surface area contributed by atoms with Crippen LogP contribution in [0.25, 0.3) is 0 Å². The first-order valence-corrected chi connectivity index (χ1v) is 8.83. The zero-order chi connectivity index (χ0) is 17.8. The van der Waals surface area contributed by atoms with Crippen molar-refractivity contribution in [1.82, 2.24) is 4.98 Å². The van der Waals surface area contributed by atoms with Crippen LogP contribution in [-0.4, -0.2) is 10.9 Å². The Morgan fingerprint density at radius 2 is 1.92 bits per heavy atom. The number of nitriles is 1. The van der Waals surface area contributed by atoms with Crippen molar-refractivity contribution in [1.29, 1.82) is 5.26 Å². The van der Waals surface area contributed by atoms with Gasteiger partial charge < -0.3 is 0 Å². The van der Waals surface area contributed by atoms with Crippen molar-refractivity contribution in [2.24, 2.45) is 0 Å². The first kappa shape index (κ1) is 17.4. The maximum Gasteiger partial charge on any atom is 0.257 e. The number of halogens is 2. The van der Waals surface area contributed by atoms with Gasteiger partial charge in [-0.15, -0.1) is 11.3 Å². The summed E-state index contributed by atoms with van der Waals surface area (Å²) in [5, 5.41) is 13.3. The van der Waals surface area contributed by atoms with Gasteiger partial charge in [0.2, 0.25) is 0 Å². The highest BCUT2D eigenvalue weighted by Gasteiger charge is 2.12. The zero-order valence-electron chi connectivity index (χ0n) is 12.8. The second-order valence-corrected chi connectivity index (χ2v) is 7.09. The fourth-order valence-electron chi connectivity index (χ4n) is 2.22. The number of anilines is 1. The van der Waals surface area contributed by atoms with Crippen LogP contribution in [-0.2, 0) is 6.42 Å². The highest BCUT2D eigenvalue weighted by molar-refractivity contribution is 7.15. The van der Waals surface area contributed by atoms with Crippen molar-refractivity contribution in [3.63, 3.8) is 0 Å². The molecular weight excluding hydrogens is 377 g/mol. The van der Waals surface area contributed by atoms with E-state index in [0.717, 1.165) is 10.4 Å². The number of aromatic nitrogens is 1. The molecule has 1 amide bonds. The number of thiazole rings is 1. The Bertz CT molecular complexity index is 958. The van der Waals surface area contributed by atoms with Gasteiger partial charge in [0.1, 0.15) is 0 Å². The summed E-state index contributed by atoms with van der Waals surface area (Å²) in [4.78, 5) is 17.4. The molecule has 1 aromatic heterocycles. The lowest BCUT2D eigenvalue weighted by Gasteiger charge is -2.04. The lowest BCUT2D eigenvalue weighted by Crippen LogP contribution is -2.11. The Morgan fingerprint density at radius 3 is 2.64 bits per heavy atom. The summed E-state index contributed by atoms with van der Waals surface area (Å²) < 4.78 is 0. The third kappa shape index (κ3) is 4.18. The summed E-state index contributed by atoms with van der Waals surface area (Å²) in [5.74, 6) is -0.311. The van der Waals surface area contributed by atoms with E-state index in [-0.39, 0.29) is 5.91 Å². The highest BCUT2D eigenvalue weighted by atomic mass is 35.5. The van der Waals surface area contributed by atoms with E-state index >= 15 is 0 Å². The second kappa shape index (κ2) is 7.66. The summed E-state index contributed by atoms with van der Waals surface area (Å²) in [5.41, 5.74) is 1.67. The average molecular weight is 388 g/mol. The molecule has 0 saturated heterocycles. The number of rotatable bonds is 4. The molecule has 0 spiro atoms. The van der Waals surface area contributed by atoms with E-state index in [2.05, 4.69) is 10.3 Å². The minimum atomic E-state index is -0.311. The molecule has 1 heterocycles. The summed E-state index contributed by atoms with van der Waals surface area (Å²) in [7, 11) is 0. The van der Waals surface area contributed by atoms with Gasteiger partial charge in [-0.05, 0) is 35.9 Å². The van der Waals surface area contributed by atoms with Crippen LogP contribution in [0.15, 0.2) is 48.7 Å². The van der Waals surface area contributed by atoms with Gasteiger partial charge in [-0.3, -0.25) is 10.1 Å². The SMILES string of the molecule is N#Cc1cccc(C(=O)Nc2ncc(Cc3c(Cl)cccc3Cl)s2)c1. The van der Waals surface area contributed by atoms with Crippen LogP contribution in [0.1, 0.15) is 26.4 Å². The number of carbonyl (C=O) groups excluding carboxylic acids is 1. The van der Waals surface area contributed by atoms with E-state index in [1.165, 1.54) is 17.4 Å². The molecule has 0 saturated carbocycles. The fraction of sp³-hybridized carbons (Fsp3) is 0.0556. The van der Waals surface area contributed by atoms with E-state index in [1.807, 2.05) is 6.07 Å². The number of nitrogens with zero attached hydrogens (tertiary/aromatic N) is 2. The van der Waals surface area contributed by atoms with Crippen molar-refractivity contribution in [2.75, 3.05) is 5.32 Å². The van der Waals surface area contributed by atoms with Crippen molar-refractivity contribution in [2.45, 2.75) is 6.42 Å². The van der Waals surface area contributed by atoms with Gasteiger partial charge in [0.15, 0.2) is 5.13 Å². The molecule has 4 nitrogen and oxygen atoms in total. The molecule has 0 bridgehead atoms. The van der Waals surface area contributed by atoms with Crippen molar-refractivity contribution < 1.29 is 4.79 Å². The highest BCUT2D eigenvalue weighted by Crippen LogP contribution is 2.29. The van der Waals surface area contributed by atoms with E-state index in [9.17, 15) is 4.79 Å². The lowest BCUT2D eigenvalue weighted by molar-refractivity contribution is 0.102. The fourth-order valence-corrected chi connectivity index (χ4v) is 3.57. The van der Waals surface area contributed by atoms with Crippen molar-refractivity contribution in [3.05, 3.63) is 80.3 Å². The number of benzene rings is 2. The van der Waals surface area contributed by atoms with Gasteiger partial charge in [-0.25, -0.2) is 4.98 Å². The molecule has 3 aromatic rings. The molecule has 25 heavy (non-hydrogen) atoms. The molecule has 2 aromatic carbocycles. The predicted octanol–water partition coefficient (Wildman–Crippen LogP) is 5.16. The standard InChI is InChI=1S/C18H11Cl2N3OS/c19-15-5-2-6-16(20)14(15)8-13-10-22-18(25-13)23-17(24)12-4-1-3-11(7-12)9-21/h1-7,10H,8H2,(H,22,23,24). The van der Waals surface area contributed by atoms with Crippen LogP contribution in [0.3, 0.4) is 0 Å². The molecule has 0 aliphatic heterocycles. The number of amides is 1. The van der Waals surface area contributed by atoms with Crippen LogP contribution >= 0.6 is 34.5 Å². The summed E-state index contributed by atoms with van der Waals surface area (Å²) in [6.07, 6.45) is 2.22. The molecular formula is C18H11Cl2N3OS. The van der Waals surface area contributed by atoms with E-state index in [1.54, 1.807) is 42.6 Å². The first-order valence-electron chi connectivity index (χ1n) is 7.26. The normalized spacial score (nSPS) is 10.3. The first-order chi connectivity index (χ1) is 12.1. The molecule has 0 fully saturated rings. The zero-order valence-corrected chi connectivity index (χ0v) is 15.1. The maximum absolute atomic E-state index is 12.3. The third-order valence-corrected chi connectivity index (χ3v) is 5.06. The second-order valence-electron chi connectivity index (χ2n) is 5.16. The van der Waals surface area contributed by atoms with Crippen LogP contribution in [0, 0.1) is 11.3 Å². The molecule has 0 radical (unpaired) electrons. The molecule has 0 unspecified atom stereocenters. The van der Waals surface area contributed by atoms with Gasteiger partial charge in [-0.1, -0.05) is 35.3 Å². The Morgan fingerprint density at radius 1 is 1.20 bits per heavy atom. The van der Waals surface area contributed by atoms with Crippen LogP contribution in [0.4, 0.5) is 5.13 Å². The van der Waals surface area contributed by atoms with E-state index < -0.39 is 0 Å². The van der Waals surface area contributed by atoms with Gasteiger partial charge in [-0.2, -0.15) is 5.26 Å². The number of nitrogens with one attached hydrogen (secondary N) is 1. The molecule has 7 heteroatoms. The van der Waals surface area contributed by atoms with Gasteiger partial charge in [0.25, 0.3) is 5.91 Å². The Balaban J connectivity index is 1.73. The number of carbonyl (C=O) groups is 1. The minimum absolute atomic E-state index is 0.311. The van der Waals surface area contributed by atoms with Crippen LogP contribution in [0.5, 0.6) is 0 Å². The monoisotopic (exact) mass is 387 g/mol. The largest absolute Gasteiger partial charge is 0.298 e. The molecule has 3 rings (SSSR count). The Hall–Kier alpha value is -2.39. The minimum Gasteiger partial charge on any atom is -0.298 e. The Kier molecular flexibility index (Phi) is 5.34. The number of hydrogen-bond donors (Lipinski definition) is 1. The molecule has 0 atom stereocenters. The summed E-state index contributed by atoms with van der Waals surface area (Å²) >= 11 is 13.7. The topological polar surface area (TPSA) is 65.8 Å². The third-order valence-electron chi connectivity index (χ3n) is 3.44. The van der Waals surface area contributed by atoms with Crippen LogP contribution < -0.4 is 5.32 Å². The molecule has 0 aliphatic carbocycles. The van der Waals surface area contributed by atoms with Gasteiger partial charge in [0, 0.05) is 33.1 Å². The average Bonchev–Trinajstić information content (AvgIpc) is 3.05. The molecule has 0 aliphatic rings. The van der Waals surface area contributed by atoms with E-state index in [4.69, 9.17) is 28.5 Å².